The quantitative estimate of drug-likeness (QED) is 0.584. The fourth-order valence-corrected chi connectivity index (χ4v) is 4.01. The lowest BCUT2D eigenvalue weighted by Crippen LogP contribution is -2.43. The van der Waals surface area contributed by atoms with Crippen LogP contribution in [0.15, 0.2) is 60.7 Å². The maximum atomic E-state index is 12.9. The van der Waals surface area contributed by atoms with Crippen molar-refractivity contribution in [2.45, 2.75) is 31.5 Å². The van der Waals surface area contributed by atoms with Gasteiger partial charge in [-0.05, 0) is 47.4 Å². The largest absolute Gasteiger partial charge is 0.493 e. The molecule has 30 heavy (non-hydrogen) atoms. The number of hydrogen-bond donors (Lipinski definition) is 3. The monoisotopic (exact) mass is 405 g/mol. The summed E-state index contributed by atoms with van der Waals surface area (Å²) < 4.78 is 10.7. The average Bonchev–Trinajstić information content (AvgIpc) is 3.28. The second-order valence-corrected chi connectivity index (χ2v) is 7.54. The van der Waals surface area contributed by atoms with Crippen LogP contribution in [0.3, 0.4) is 0 Å². The molecule has 1 saturated heterocycles. The number of hydrazine groups is 1. The molecule has 6 heteroatoms. The Morgan fingerprint density at radius 3 is 2.57 bits per heavy atom. The molecule has 1 fully saturated rings. The maximum Gasteiger partial charge on any atom is 0.239 e. The number of nitrogens with one attached hydrogen (secondary N) is 3. The highest BCUT2D eigenvalue weighted by Gasteiger charge is 2.31. The fraction of sp³-hybridized carbons (Fsp3) is 0.292. The lowest BCUT2D eigenvalue weighted by atomic mass is 9.96. The fourth-order valence-electron chi connectivity index (χ4n) is 4.01. The molecule has 0 aliphatic carbocycles. The molecule has 1 aliphatic rings. The number of amides is 1. The van der Waals surface area contributed by atoms with Gasteiger partial charge in [0.25, 0.3) is 0 Å². The van der Waals surface area contributed by atoms with E-state index in [0.29, 0.717) is 17.9 Å². The number of fused-ring (bicyclic) bond motifs is 1. The lowest BCUT2D eigenvalue weighted by molar-refractivity contribution is -0.123. The topological polar surface area (TPSA) is 71.6 Å². The van der Waals surface area contributed by atoms with Crippen LogP contribution in [0.4, 0.5) is 0 Å². The molecule has 4 rings (SSSR count). The smallest absolute Gasteiger partial charge is 0.239 e. The van der Waals surface area contributed by atoms with E-state index in [1.165, 1.54) is 16.3 Å². The number of carbonyl (C=O) groups is 1. The van der Waals surface area contributed by atoms with Crippen molar-refractivity contribution < 1.29 is 14.3 Å². The van der Waals surface area contributed by atoms with Gasteiger partial charge in [0.05, 0.1) is 20.3 Å². The third-order valence-corrected chi connectivity index (χ3v) is 5.68. The standard InChI is InChI=1S/C24H27N3O3/c1-15(17-11-12-22(29-2)23(13-17)30-3)25-24(28)21-14-20(26-27-21)19-10-6-8-16-7-4-5-9-18(16)19/h4-13,15,20-21,26-27H,14H2,1-3H3,(H,25,28). The molecule has 1 amide bonds. The van der Waals surface area contributed by atoms with Gasteiger partial charge in [0.15, 0.2) is 11.5 Å². The summed E-state index contributed by atoms with van der Waals surface area (Å²) in [4.78, 5) is 12.9. The molecule has 3 unspecified atom stereocenters. The van der Waals surface area contributed by atoms with Crippen LogP contribution in [0, 0.1) is 0 Å². The van der Waals surface area contributed by atoms with Gasteiger partial charge in [-0.15, -0.1) is 0 Å². The van der Waals surface area contributed by atoms with Crippen molar-refractivity contribution in [2.75, 3.05) is 14.2 Å². The molecule has 3 N–H and O–H groups in total. The molecule has 0 aromatic heterocycles. The molecule has 1 heterocycles. The first kappa shape index (κ1) is 20.2. The molecule has 0 radical (unpaired) electrons. The molecule has 0 spiro atoms. The van der Waals surface area contributed by atoms with Gasteiger partial charge in [0.1, 0.15) is 6.04 Å². The van der Waals surface area contributed by atoms with Crippen molar-refractivity contribution in [3.63, 3.8) is 0 Å². The van der Waals surface area contributed by atoms with Crippen LogP contribution < -0.4 is 25.6 Å². The second-order valence-electron chi connectivity index (χ2n) is 7.54. The summed E-state index contributed by atoms with van der Waals surface area (Å²) in [5, 5.41) is 5.51. The first-order chi connectivity index (χ1) is 14.6. The van der Waals surface area contributed by atoms with Crippen LogP contribution in [-0.2, 0) is 4.79 Å². The van der Waals surface area contributed by atoms with E-state index in [2.05, 4.69) is 46.5 Å². The minimum Gasteiger partial charge on any atom is -0.493 e. The van der Waals surface area contributed by atoms with E-state index in [9.17, 15) is 4.79 Å². The van der Waals surface area contributed by atoms with Crippen LogP contribution >= 0.6 is 0 Å². The van der Waals surface area contributed by atoms with Gasteiger partial charge in [-0.2, -0.15) is 0 Å². The van der Waals surface area contributed by atoms with Crippen molar-refractivity contribution >= 4 is 16.7 Å². The Kier molecular flexibility index (Phi) is 5.88. The number of ether oxygens (including phenoxy) is 2. The molecule has 3 aromatic rings. The minimum absolute atomic E-state index is 0.0347. The summed E-state index contributed by atoms with van der Waals surface area (Å²) in [6, 6.07) is 19.9. The molecule has 1 aliphatic heterocycles. The predicted octanol–water partition coefficient (Wildman–Crippen LogP) is 3.64. The summed E-state index contributed by atoms with van der Waals surface area (Å²) in [6.07, 6.45) is 0.679. The Morgan fingerprint density at radius 2 is 1.77 bits per heavy atom. The molecular weight excluding hydrogens is 378 g/mol. The van der Waals surface area contributed by atoms with Crippen molar-refractivity contribution in [1.29, 1.82) is 0 Å². The summed E-state index contributed by atoms with van der Waals surface area (Å²) in [5.41, 5.74) is 8.61. The Hall–Kier alpha value is -3.09. The normalized spacial score (nSPS) is 19.4. The van der Waals surface area contributed by atoms with Crippen molar-refractivity contribution in [3.8, 4) is 11.5 Å². The van der Waals surface area contributed by atoms with Crippen LogP contribution in [0.5, 0.6) is 11.5 Å². The third-order valence-electron chi connectivity index (χ3n) is 5.68. The number of carbonyl (C=O) groups excluding carboxylic acids is 1. The van der Waals surface area contributed by atoms with E-state index in [4.69, 9.17) is 9.47 Å². The van der Waals surface area contributed by atoms with E-state index >= 15 is 0 Å². The molecule has 156 valence electrons. The SMILES string of the molecule is COc1ccc(C(C)NC(=O)C2CC(c3cccc4ccccc34)NN2)cc1OC. The number of hydrogen-bond acceptors (Lipinski definition) is 5. The number of rotatable bonds is 6. The van der Waals surface area contributed by atoms with Crippen molar-refractivity contribution in [3.05, 3.63) is 71.8 Å². The van der Waals surface area contributed by atoms with Crippen LogP contribution in [0.1, 0.15) is 36.6 Å². The highest BCUT2D eigenvalue weighted by Crippen LogP contribution is 2.31. The van der Waals surface area contributed by atoms with Gasteiger partial charge in [0, 0.05) is 6.04 Å². The Labute approximate surface area is 176 Å². The Morgan fingerprint density at radius 1 is 1.00 bits per heavy atom. The lowest BCUT2D eigenvalue weighted by Gasteiger charge is -2.18. The summed E-state index contributed by atoms with van der Waals surface area (Å²) in [7, 11) is 3.21. The zero-order chi connectivity index (χ0) is 21.1. The van der Waals surface area contributed by atoms with E-state index in [1.54, 1.807) is 14.2 Å². The van der Waals surface area contributed by atoms with Crippen molar-refractivity contribution in [1.82, 2.24) is 16.2 Å². The van der Waals surface area contributed by atoms with Crippen molar-refractivity contribution in [2.24, 2.45) is 0 Å². The first-order valence-electron chi connectivity index (χ1n) is 10.1. The van der Waals surface area contributed by atoms with E-state index < -0.39 is 0 Å². The van der Waals surface area contributed by atoms with Gasteiger partial charge in [-0.3, -0.25) is 4.79 Å². The molecule has 6 nitrogen and oxygen atoms in total. The second kappa shape index (κ2) is 8.73. The number of methoxy groups -OCH3 is 2. The van der Waals surface area contributed by atoms with Crippen LogP contribution in [0.25, 0.3) is 10.8 Å². The van der Waals surface area contributed by atoms with E-state index in [-0.39, 0.29) is 24.0 Å². The molecular formula is C24H27N3O3. The highest BCUT2D eigenvalue weighted by molar-refractivity contribution is 5.87. The third kappa shape index (κ3) is 3.97. The Bertz CT molecular complexity index is 1050. The van der Waals surface area contributed by atoms with Gasteiger partial charge in [-0.25, -0.2) is 10.9 Å². The van der Waals surface area contributed by atoms with Gasteiger partial charge >= 0.3 is 0 Å². The highest BCUT2D eigenvalue weighted by atomic mass is 16.5. The molecule has 3 atom stereocenters. The molecule has 0 bridgehead atoms. The first-order valence-corrected chi connectivity index (χ1v) is 10.1. The van der Waals surface area contributed by atoms with Gasteiger partial charge in [0.2, 0.25) is 5.91 Å². The average molecular weight is 405 g/mol. The maximum absolute atomic E-state index is 12.9. The zero-order valence-corrected chi connectivity index (χ0v) is 17.4. The van der Waals surface area contributed by atoms with E-state index in [1.807, 2.05) is 37.3 Å². The molecule has 3 aromatic carbocycles. The summed E-state index contributed by atoms with van der Waals surface area (Å²) >= 11 is 0. The van der Waals surface area contributed by atoms with Gasteiger partial charge < -0.3 is 14.8 Å². The van der Waals surface area contributed by atoms with Crippen LogP contribution in [-0.4, -0.2) is 26.2 Å². The Balaban J connectivity index is 1.44. The summed E-state index contributed by atoms with van der Waals surface area (Å²) in [6.45, 7) is 1.96. The van der Waals surface area contributed by atoms with E-state index in [0.717, 1.165) is 5.56 Å². The minimum atomic E-state index is -0.309. The number of benzene rings is 3. The van der Waals surface area contributed by atoms with Crippen LogP contribution in [0.2, 0.25) is 0 Å². The predicted molar refractivity (Wildman–Crippen MR) is 117 cm³/mol. The molecule has 0 saturated carbocycles. The zero-order valence-electron chi connectivity index (χ0n) is 17.4. The van der Waals surface area contributed by atoms with Gasteiger partial charge in [-0.1, -0.05) is 48.5 Å². The summed E-state index contributed by atoms with van der Waals surface area (Å²) in [5.74, 6) is 1.28.